The molecule has 0 bridgehead atoms. The predicted molar refractivity (Wildman–Crippen MR) is 86.7 cm³/mol. The van der Waals surface area contributed by atoms with Crippen molar-refractivity contribution in [1.82, 2.24) is 4.90 Å². The summed E-state index contributed by atoms with van der Waals surface area (Å²) in [5.74, 6) is -3.99. The Morgan fingerprint density at radius 2 is 1.52 bits per heavy atom. The molecule has 4 N–H and O–H groups in total. The zero-order valence-corrected chi connectivity index (χ0v) is 15.0. The van der Waals surface area contributed by atoms with E-state index in [4.69, 9.17) is 35.0 Å². The molecule has 0 saturated carbocycles. The predicted octanol–water partition coefficient (Wildman–Crippen LogP) is 2.24. The van der Waals surface area contributed by atoms with Crippen molar-refractivity contribution in [2.24, 2.45) is 0 Å². The summed E-state index contributed by atoms with van der Waals surface area (Å²) in [4.78, 5) is 19.9. The topological polar surface area (TPSA) is 122 Å². The summed E-state index contributed by atoms with van der Waals surface area (Å²) in [6, 6.07) is 5.46. The molecule has 2 rings (SSSR count). The van der Waals surface area contributed by atoms with E-state index in [1.807, 2.05) is 26.2 Å². The molecule has 0 saturated heterocycles. The average Bonchev–Trinajstić information content (AvgIpc) is 2.53. The number of carboxylic acids is 2. The minimum atomic E-state index is -5.08. The Morgan fingerprint density at radius 1 is 1.07 bits per heavy atom. The van der Waals surface area contributed by atoms with Crippen LogP contribution >= 0.6 is 0 Å². The number of nitrogens with two attached hydrogens (primary N) is 1. The van der Waals surface area contributed by atoms with Gasteiger partial charge in [0.25, 0.3) is 0 Å². The molecule has 29 heavy (non-hydrogen) atoms. The fraction of sp³-hybridized carbons (Fsp3) is 0.467. The van der Waals surface area contributed by atoms with Gasteiger partial charge in [0.15, 0.2) is 11.5 Å². The molecule has 166 valence electrons. The summed E-state index contributed by atoms with van der Waals surface area (Å²) in [6.45, 7) is 1.43. The largest absolute Gasteiger partial charge is 0.490 e. The summed E-state index contributed by atoms with van der Waals surface area (Å²) >= 11 is 0. The molecule has 0 fully saturated rings. The minimum absolute atomic E-state index is 0.0781. The van der Waals surface area contributed by atoms with E-state index in [0.717, 1.165) is 18.0 Å². The number of halogens is 6. The Kier molecular flexibility index (Phi) is 9.53. The number of benzene rings is 1. The van der Waals surface area contributed by atoms with E-state index in [-0.39, 0.29) is 6.10 Å². The second kappa shape index (κ2) is 10.6. The van der Waals surface area contributed by atoms with E-state index in [2.05, 4.69) is 4.90 Å². The highest BCUT2D eigenvalue weighted by Gasteiger charge is 2.38. The number of fused-ring (bicyclic) bond motifs is 1. The number of nitrogens with zero attached hydrogens (tertiary/aromatic N) is 1. The highest BCUT2D eigenvalue weighted by atomic mass is 19.4. The van der Waals surface area contributed by atoms with Crippen LogP contribution in [0.2, 0.25) is 0 Å². The molecule has 1 aliphatic heterocycles. The number of ether oxygens (including phenoxy) is 2. The van der Waals surface area contributed by atoms with Gasteiger partial charge in [-0.2, -0.15) is 26.3 Å². The fourth-order valence-electron chi connectivity index (χ4n) is 1.63. The quantitative estimate of drug-likeness (QED) is 0.477. The Bertz CT molecular complexity index is 669. The van der Waals surface area contributed by atoms with Crippen LogP contribution in [0.15, 0.2) is 18.2 Å². The maximum absolute atomic E-state index is 10.6. The smallest absolute Gasteiger partial charge is 0.486 e. The van der Waals surface area contributed by atoms with Gasteiger partial charge < -0.3 is 30.3 Å². The molecule has 1 aromatic carbocycles. The molecule has 1 heterocycles. The van der Waals surface area contributed by atoms with E-state index in [0.29, 0.717) is 12.3 Å². The van der Waals surface area contributed by atoms with E-state index < -0.39 is 24.3 Å². The number of aliphatic carboxylic acids is 2. The van der Waals surface area contributed by atoms with Crippen molar-refractivity contribution in [2.75, 3.05) is 33.0 Å². The first-order valence-corrected chi connectivity index (χ1v) is 7.48. The van der Waals surface area contributed by atoms with Gasteiger partial charge in [-0.15, -0.1) is 0 Å². The van der Waals surface area contributed by atoms with Crippen LogP contribution in [0.3, 0.4) is 0 Å². The number of hydrogen-bond donors (Lipinski definition) is 3. The molecule has 1 aliphatic rings. The van der Waals surface area contributed by atoms with Crippen LogP contribution in [0.5, 0.6) is 11.5 Å². The number of rotatable bonds is 2. The summed E-state index contributed by atoms with van der Waals surface area (Å²) in [5, 5.41) is 14.2. The molecule has 0 aliphatic carbocycles. The molecule has 0 aromatic heterocycles. The molecule has 1 aromatic rings. The van der Waals surface area contributed by atoms with E-state index >= 15 is 0 Å². The van der Waals surface area contributed by atoms with Crippen LogP contribution < -0.4 is 15.2 Å². The van der Waals surface area contributed by atoms with Crippen LogP contribution in [0, 0.1) is 0 Å². The molecule has 1 unspecified atom stereocenters. The van der Waals surface area contributed by atoms with Crippen LogP contribution in [0.4, 0.5) is 32.0 Å². The first kappa shape index (κ1) is 26.1. The number of carbonyl (C=O) groups is 2. The Morgan fingerprint density at radius 3 is 1.90 bits per heavy atom. The van der Waals surface area contributed by atoms with Gasteiger partial charge in [0, 0.05) is 18.3 Å². The molecular formula is C15H18F6N2O6. The fourth-order valence-corrected chi connectivity index (χ4v) is 1.63. The average molecular weight is 436 g/mol. The maximum atomic E-state index is 10.6. The van der Waals surface area contributed by atoms with Crippen molar-refractivity contribution in [3.63, 3.8) is 0 Å². The first-order valence-electron chi connectivity index (χ1n) is 7.48. The van der Waals surface area contributed by atoms with Crippen molar-refractivity contribution in [3.05, 3.63) is 18.2 Å². The van der Waals surface area contributed by atoms with Crippen molar-refractivity contribution in [3.8, 4) is 11.5 Å². The molecular weight excluding hydrogens is 418 g/mol. The van der Waals surface area contributed by atoms with Crippen molar-refractivity contribution in [1.29, 1.82) is 0 Å². The van der Waals surface area contributed by atoms with Crippen LogP contribution in [0.25, 0.3) is 0 Å². The second-order valence-electron chi connectivity index (χ2n) is 5.63. The van der Waals surface area contributed by atoms with E-state index in [1.165, 1.54) is 0 Å². The summed E-state index contributed by atoms with van der Waals surface area (Å²) in [6.07, 6.45) is -10.1. The number of anilines is 1. The van der Waals surface area contributed by atoms with Gasteiger partial charge in [-0.05, 0) is 26.2 Å². The number of carboxylic acid groups (broad SMARTS) is 2. The zero-order valence-electron chi connectivity index (χ0n) is 15.0. The number of alkyl halides is 6. The normalized spacial score (nSPS) is 15.4. The highest BCUT2D eigenvalue weighted by molar-refractivity contribution is 5.73. The third-order valence-corrected chi connectivity index (χ3v) is 2.74. The summed E-state index contributed by atoms with van der Waals surface area (Å²) in [5.41, 5.74) is 6.38. The monoisotopic (exact) mass is 436 g/mol. The Hall–Kier alpha value is -2.90. The number of likely N-dealkylation sites (N-methyl/N-ethyl adjacent to an activating group) is 1. The Balaban J connectivity index is 0.000000473. The van der Waals surface area contributed by atoms with Crippen LogP contribution in [0.1, 0.15) is 0 Å². The molecule has 0 spiro atoms. The molecule has 8 nitrogen and oxygen atoms in total. The van der Waals surface area contributed by atoms with Crippen LogP contribution in [-0.4, -0.2) is 72.8 Å². The lowest BCUT2D eigenvalue weighted by Gasteiger charge is -2.28. The summed E-state index contributed by atoms with van der Waals surface area (Å²) < 4.78 is 74.8. The molecule has 1 atom stereocenters. The summed E-state index contributed by atoms with van der Waals surface area (Å²) in [7, 11) is 4.02. The third kappa shape index (κ3) is 10.9. The van der Waals surface area contributed by atoms with Gasteiger partial charge in [-0.3, -0.25) is 0 Å². The first-order chi connectivity index (χ1) is 13.0. The number of hydrogen-bond acceptors (Lipinski definition) is 6. The third-order valence-electron chi connectivity index (χ3n) is 2.74. The van der Waals surface area contributed by atoms with Gasteiger partial charge in [-0.1, -0.05) is 0 Å². The maximum Gasteiger partial charge on any atom is 0.490 e. The van der Waals surface area contributed by atoms with Gasteiger partial charge >= 0.3 is 24.3 Å². The molecule has 0 radical (unpaired) electrons. The minimum Gasteiger partial charge on any atom is -0.486 e. The molecule has 14 heteroatoms. The Labute approximate surface area is 160 Å². The standard InChI is InChI=1S/C11H16N2O2.2C2HF3O2/c1-13(2)6-9-7-14-10-4-3-8(12)5-11(10)15-9;2*3-2(4,5)1(6)7/h3-5,9H,6-7,12H2,1-2H3;2*(H,6,7). The SMILES string of the molecule is CN(C)CC1COc2ccc(N)cc2O1.O=C(O)C(F)(F)F.O=C(O)C(F)(F)F. The second-order valence-corrected chi connectivity index (χ2v) is 5.63. The van der Waals surface area contributed by atoms with Gasteiger partial charge in [0.1, 0.15) is 12.7 Å². The zero-order chi connectivity index (χ0) is 23.0. The lowest BCUT2D eigenvalue weighted by Crippen LogP contribution is -2.37. The van der Waals surface area contributed by atoms with Crippen molar-refractivity contribution >= 4 is 17.6 Å². The van der Waals surface area contributed by atoms with Gasteiger partial charge in [0.05, 0.1) is 0 Å². The van der Waals surface area contributed by atoms with Gasteiger partial charge in [0.2, 0.25) is 0 Å². The van der Waals surface area contributed by atoms with Gasteiger partial charge in [-0.25, -0.2) is 9.59 Å². The molecule has 0 amide bonds. The van der Waals surface area contributed by atoms with E-state index in [1.54, 1.807) is 6.07 Å². The van der Waals surface area contributed by atoms with Crippen molar-refractivity contribution in [2.45, 2.75) is 18.5 Å². The van der Waals surface area contributed by atoms with Crippen LogP contribution in [-0.2, 0) is 9.59 Å². The highest BCUT2D eigenvalue weighted by Crippen LogP contribution is 2.33. The van der Waals surface area contributed by atoms with E-state index in [9.17, 15) is 26.3 Å². The number of nitrogen functional groups attached to an aromatic ring is 1. The van der Waals surface area contributed by atoms with Crippen molar-refractivity contribution < 1.29 is 55.6 Å². The lowest BCUT2D eigenvalue weighted by molar-refractivity contribution is -0.193. The lowest BCUT2D eigenvalue weighted by atomic mass is 10.2.